The number of rotatable bonds is 8. The number of carboxylic acids is 1. The zero-order valence-corrected chi connectivity index (χ0v) is 18.2. The lowest BCUT2D eigenvalue weighted by Gasteiger charge is -2.23. The molecule has 2 N–H and O–H groups in total. The number of anilines is 2. The Morgan fingerprint density at radius 3 is 2.16 bits per heavy atom. The number of benzene rings is 4. The summed E-state index contributed by atoms with van der Waals surface area (Å²) in [5, 5.41) is 11.4. The van der Waals surface area contributed by atoms with E-state index in [2.05, 4.69) is 0 Å². The standard InChI is InChI=1S/C26H23NO4S/c28-26(29)24-14-5-3-9-20(24)12-7-13-21-10-4-6-15-25(21)27(32(30)31)23-17-16-19-8-1-2-11-22(19)18-23/h1-6,8-11,14-18H,7,12-13H2,(H,28,29)(H,30,31). The highest BCUT2D eigenvalue weighted by Crippen LogP contribution is 2.33. The van der Waals surface area contributed by atoms with Crippen molar-refractivity contribution in [1.82, 2.24) is 0 Å². The first-order chi connectivity index (χ1) is 15.5. The van der Waals surface area contributed by atoms with E-state index in [-0.39, 0.29) is 0 Å². The molecule has 4 rings (SSSR count). The van der Waals surface area contributed by atoms with Crippen molar-refractivity contribution in [2.24, 2.45) is 0 Å². The lowest BCUT2D eigenvalue weighted by atomic mass is 9.99. The van der Waals surface area contributed by atoms with E-state index in [4.69, 9.17) is 0 Å². The molecule has 0 aliphatic heterocycles. The van der Waals surface area contributed by atoms with E-state index in [0.29, 0.717) is 36.2 Å². The second kappa shape index (κ2) is 9.77. The number of hydrogen-bond donors (Lipinski definition) is 2. The van der Waals surface area contributed by atoms with Gasteiger partial charge in [-0.05, 0) is 65.4 Å². The maximum Gasteiger partial charge on any atom is 0.335 e. The van der Waals surface area contributed by atoms with Crippen LogP contribution in [0.2, 0.25) is 0 Å². The van der Waals surface area contributed by atoms with Crippen molar-refractivity contribution in [2.75, 3.05) is 4.31 Å². The van der Waals surface area contributed by atoms with Gasteiger partial charge in [0.15, 0.2) is 0 Å². The molecule has 0 heterocycles. The smallest absolute Gasteiger partial charge is 0.335 e. The molecule has 4 aromatic rings. The molecule has 0 aliphatic carbocycles. The van der Waals surface area contributed by atoms with Crippen LogP contribution in [0.25, 0.3) is 10.8 Å². The van der Waals surface area contributed by atoms with Gasteiger partial charge in [0, 0.05) is 0 Å². The molecule has 5 nitrogen and oxygen atoms in total. The van der Waals surface area contributed by atoms with E-state index in [0.717, 1.165) is 21.9 Å². The molecule has 4 aromatic carbocycles. The Labute approximate surface area is 189 Å². The van der Waals surface area contributed by atoms with Crippen LogP contribution in [0.5, 0.6) is 0 Å². The number of carbonyl (C=O) groups is 1. The highest BCUT2D eigenvalue weighted by molar-refractivity contribution is 7.81. The van der Waals surface area contributed by atoms with Crippen LogP contribution in [0.15, 0.2) is 91.0 Å². The first-order valence-electron chi connectivity index (χ1n) is 10.3. The highest BCUT2D eigenvalue weighted by Gasteiger charge is 2.19. The Morgan fingerprint density at radius 1 is 0.781 bits per heavy atom. The predicted octanol–water partition coefficient (Wildman–Crippen LogP) is 5.99. The monoisotopic (exact) mass is 445 g/mol. The Morgan fingerprint density at radius 2 is 1.41 bits per heavy atom. The number of aryl methyl sites for hydroxylation is 2. The van der Waals surface area contributed by atoms with Gasteiger partial charge in [-0.1, -0.05) is 66.7 Å². The largest absolute Gasteiger partial charge is 0.478 e. The van der Waals surface area contributed by atoms with Gasteiger partial charge < -0.3 is 5.11 Å². The number of carboxylic acid groups (broad SMARTS) is 1. The third-order valence-electron chi connectivity index (χ3n) is 5.47. The third kappa shape index (κ3) is 4.72. The molecule has 0 amide bonds. The van der Waals surface area contributed by atoms with Crippen LogP contribution in [0.4, 0.5) is 11.4 Å². The second-order valence-corrected chi connectivity index (χ2v) is 8.33. The van der Waals surface area contributed by atoms with Gasteiger partial charge in [-0.2, -0.15) is 0 Å². The fourth-order valence-electron chi connectivity index (χ4n) is 3.95. The van der Waals surface area contributed by atoms with Gasteiger partial charge in [0.05, 0.1) is 16.9 Å². The molecule has 0 radical (unpaired) electrons. The van der Waals surface area contributed by atoms with Gasteiger partial charge in [0.25, 0.3) is 11.3 Å². The number of nitrogens with zero attached hydrogens (tertiary/aromatic N) is 1. The summed E-state index contributed by atoms with van der Waals surface area (Å²) in [6.45, 7) is 0. The van der Waals surface area contributed by atoms with Crippen LogP contribution < -0.4 is 4.31 Å². The molecule has 0 fully saturated rings. The fourth-order valence-corrected chi connectivity index (χ4v) is 4.59. The maximum atomic E-state index is 12.4. The Balaban J connectivity index is 1.61. The van der Waals surface area contributed by atoms with Crippen molar-refractivity contribution in [3.05, 3.63) is 108 Å². The van der Waals surface area contributed by atoms with E-state index in [1.54, 1.807) is 12.1 Å². The molecule has 0 bridgehead atoms. The van der Waals surface area contributed by atoms with Crippen LogP contribution in [0.3, 0.4) is 0 Å². The van der Waals surface area contributed by atoms with Crippen LogP contribution in [0, 0.1) is 0 Å². The molecule has 0 aliphatic rings. The quantitative estimate of drug-likeness (QED) is 0.327. The van der Waals surface area contributed by atoms with Crippen molar-refractivity contribution < 1.29 is 18.7 Å². The summed E-state index contributed by atoms with van der Waals surface area (Å²) in [6.07, 6.45) is 1.96. The van der Waals surface area contributed by atoms with Crippen molar-refractivity contribution in [3.8, 4) is 0 Å². The average Bonchev–Trinajstić information content (AvgIpc) is 2.80. The molecule has 0 spiro atoms. The highest BCUT2D eigenvalue weighted by atomic mass is 32.2. The minimum Gasteiger partial charge on any atom is -0.478 e. The Hall–Kier alpha value is -3.48. The summed E-state index contributed by atoms with van der Waals surface area (Å²) in [7, 11) is 0. The topological polar surface area (TPSA) is 77.8 Å². The average molecular weight is 446 g/mol. The van der Waals surface area contributed by atoms with Crippen LogP contribution in [0.1, 0.15) is 27.9 Å². The van der Waals surface area contributed by atoms with Gasteiger partial charge in [0.1, 0.15) is 0 Å². The van der Waals surface area contributed by atoms with Gasteiger partial charge >= 0.3 is 5.97 Å². The van der Waals surface area contributed by atoms with Gasteiger partial charge in [-0.15, -0.1) is 0 Å². The summed E-state index contributed by atoms with van der Waals surface area (Å²) >= 11 is -2.25. The minimum atomic E-state index is -2.25. The molecule has 1 atom stereocenters. The summed E-state index contributed by atoms with van der Waals surface area (Å²) in [6, 6.07) is 28.1. The first-order valence-corrected chi connectivity index (χ1v) is 11.4. The summed E-state index contributed by atoms with van der Waals surface area (Å²) in [5.74, 6) is -0.931. The molecular weight excluding hydrogens is 422 g/mol. The molecular formula is C26H23NO4S. The molecule has 0 saturated heterocycles. The second-order valence-electron chi connectivity index (χ2n) is 7.50. The molecule has 32 heavy (non-hydrogen) atoms. The minimum absolute atomic E-state index is 0.315. The molecule has 1 unspecified atom stereocenters. The zero-order valence-electron chi connectivity index (χ0n) is 17.3. The summed E-state index contributed by atoms with van der Waals surface area (Å²) in [5.41, 5.74) is 3.32. The lowest BCUT2D eigenvalue weighted by molar-refractivity contribution is 0.0695. The van der Waals surface area contributed by atoms with Crippen LogP contribution >= 0.6 is 0 Å². The first kappa shape index (κ1) is 21.7. The van der Waals surface area contributed by atoms with Gasteiger partial charge in [-0.25, -0.2) is 13.3 Å². The van der Waals surface area contributed by atoms with Crippen molar-refractivity contribution in [1.29, 1.82) is 0 Å². The van der Waals surface area contributed by atoms with Crippen molar-refractivity contribution in [3.63, 3.8) is 0 Å². The van der Waals surface area contributed by atoms with Crippen molar-refractivity contribution >= 4 is 39.4 Å². The Kier molecular flexibility index (Phi) is 6.63. The lowest BCUT2D eigenvalue weighted by Crippen LogP contribution is -2.20. The van der Waals surface area contributed by atoms with Gasteiger partial charge in [0.2, 0.25) is 0 Å². The van der Waals surface area contributed by atoms with Crippen molar-refractivity contribution in [2.45, 2.75) is 19.3 Å². The van der Waals surface area contributed by atoms with Gasteiger partial charge in [-0.3, -0.25) is 4.55 Å². The normalized spacial score (nSPS) is 11.9. The third-order valence-corrected chi connectivity index (χ3v) is 6.19. The van der Waals surface area contributed by atoms with Crippen LogP contribution in [-0.4, -0.2) is 19.8 Å². The van der Waals surface area contributed by atoms with E-state index >= 15 is 0 Å². The zero-order chi connectivity index (χ0) is 22.5. The maximum absolute atomic E-state index is 12.4. The number of para-hydroxylation sites is 1. The molecule has 0 saturated carbocycles. The van der Waals surface area contributed by atoms with Crippen LogP contribution in [-0.2, 0) is 24.1 Å². The molecule has 162 valence electrons. The summed E-state index contributed by atoms with van der Waals surface area (Å²) in [4.78, 5) is 11.5. The molecule has 0 aromatic heterocycles. The molecule has 6 heteroatoms. The van der Waals surface area contributed by atoms with E-state index in [1.165, 1.54) is 4.31 Å². The SMILES string of the molecule is O=C(O)c1ccccc1CCCc1ccccc1N(c1ccc2ccccc2c1)S(=O)O. The Bertz CT molecular complexity index is 1290. The number of aromatic carboxylic acids is 1. The summed E-state index contributed by atoms with van der Waals surface area (Å²) < 4.78 is 23.9. The predicted molar refractivity (Wildman–Crippen MR) is 129 cm³/mol. The fraction of sp³-hybridized carbons (Fsp3) is 0.115. The number of hydrogen-bond acceptors (Lipinski definition) is 2. The van der Waals surface area contributed by atoms with E-state index in [1.807, 2.05) is 78.9 Å². The van der Waals surface area contributed by atoms with E-state index < -0.39 is 17.2 Å². The van der Waals surface area contributed by atoms with E-state index in [9.17, 15) is 18.7 Å². The number of fused-ring (bicyclic) bond motifs is 1.